The van der Waals surface area contributed by atoms with E-state index < -0.39 is 11.8 Å². The number of aryl methyl sites for hydroxylation is 1. The Morgan fingerprint density at radius 2 is 1.76 bits per heavy atom. The SMILES string of the molecule is CCCn1nc(C(=O)NNC(=O)c2ccccc2SCc2cscn2)c2ccccc2c1=O. The molecule has 0 unspecified atom stereocenters. The molecule has 0 bridgehead atoms. The highest BCUT2D eigenvalue weighted by Crippen LogP contribution is 2.26. The van der Waals surface area contributed by atoms with Gasteiger partial charge in [0, 0.05) is 28.0 Å². The van der Waals surface area contributed by atoms with Crippen molar-refractivity contribution in [3.05, 3.63) is 86.7 Å². The van der Waals surface area contributed by atoms with Crippen LogP contribution < -0.4 is 16.4 Å². The predicted molar refractivity (Wildman–Crippen MR) is 129 cm³/mol. The molecule has 168 valence electrons. The van der Waals surface area contributed by atoms with Gasteiger partial charge < -0.3 is 0 Å². The highest BCUT2D eigenvalue weighted by Gasteiger charge is 2.18. The summed E-state index contributed by atoms with van der Waals surface area (Å²) in [6.07, 6.45) is 0.693. The van der Waals surface area contributed by atoms with E-state index in [2.05, 4.69) is 20.9 Å². The summed E-state index contributed by atoms with van der Waals surface area (Å²) in [5, 5.41) is 7.05. The van der Waals surface area contributed by atoms with Gasteiger partial charge in [0.05, 0.1) is 22.2 Å². The van der Waals surface area contributed by atoms with Crippen molar-refractivity contribution >= 4 is 45.7 Å². The molecule has 0 saturated heterocycles. The van der Waals surface area contributed by atoms with E-state index in [1.807, 2.05) is 24.4 Å². The fourth-order valence-electron chi connectivity index (χ4n) is 3.25. The molecule has 33 heavy (non-hydrogen) atoms. The van der Waals surface area contributed by atoms with Crippen molar-refractivity contribution in [3.8, 4) is 0 Å². The quantitative estimate of drug-likeness (QED) is 0.310. The molecule has 2 aromatic carbocycles. The molecule has 2 N–H and O–H groups in total. The van der Waals surface area contributed by atoms with E-state index in [9.17, 15) is 14.4 Å². The minimum absolute atomic E-state index is 0.0742. The van der Waals surface area contributed by atoms with Crippen molar-refractivity contribution in [3.63, 3.8) is 0 Å². The molecule has 0 aliphatic heterocycles. The standard InChI is InChI=1S/C23H21N5O3S2/c1-2-11-28-23(31)17-8-4-3-7-16(17)20(27-28)22(30)26-25-21(29)18-9-5-6-10-19(18)33-13-15-12-32-14-24-15/h3-10,12,14H,2,11,13H2,1H3,(H,25,29)(H,26,30). The minimum atomic E-state index is -0.600. The van der Waals surface area contributed by atoms with Crippen LogP contribution in [0.25, 0.3) is 10.8 Å². The summed E-state index contributed by atoms with van der Waals surface area (Å²) in [7, 11) is 0. The van der Waals surface area contributed by atoms with Crippen molar-refractivity contribution < 1.29 is 9.59 Å². The van der Waals surface area contributed by atoms with Crippen LogP contribution in [-0.4, -0.2) is 26.6 Å². The number of hydrogen-bond acceptors (Lipinski definition) is 7. The molecule has 0 saturated carbocycles. The van der Waals surface area contributed by atoms with Gasteiger partial charge in [0.2, 0.25) is 0 Å². The number of carbonyl (C=O) groups is 2. The molecule has 0 atom stereocenters. The summed E-state index contributed by atoms with van der Waals surface area (Å²) in [4.78, 5) is 43.4. The molecule has 8 nitrogen and oxygen atoms in total. The largest absolute Gasteiger partial charge is 0.290 e. The predicted octanol–water partition coefficient (Wildman–Crippen LogP) is 3.63. The molecular weight excluding hydrogens is 458 g/mol. The molecule has 0 spiro atoms. The summed E-state index contributed by atoms with van der Waals surface area (Å²) < 4.78 is 1.28. The molecule has 4 aromatic rings. The van der Waals surface area contributed by atoms with Gasteiger partial charge >= 0.3 is 0 Å². The van der Waals surface area contributed by atoms with E-state index in [0.717, 1.165) is 10.6 Å². The van der Waals surface area contributed by atoms with E-state index >= 15 is 0 Å². The molecule has 0 radical (unpaired) electrons. The number of nitrogens with one attached hydrogen (secondary N) is 2. The fourth-order valence-corrected chi connectivity index (χ4v) is 4.86. The first kappa shape index (κ1) is 22.7. The van der Waals surface area contributed by atoms with E-state index in [1.54, 1.807) is 41.9 Å². The summed E-state index contributed by atoms with van der Waals surface area (Å²) in [6.45, 7) is 2.31. The summed E-state index contributed by atoms with van der Waals surface area (Å²) in [5.74, 6) is -0.414. The Labute approximate surface area is 198 Å². The van der Waals surface area contributed by atoms with Crippen molar-refractivity contribution in [1.82, 2.24) is 25.6 Å². The number of nitrogens with zero attached hydrogens (tertiary/aromatic N) is 3. The lowest BCUT2D eigenvalue weighted by molar-refractivity contribution is 0.0842. The smallest absolute Gasteiger partial charge is 0.267 e. The highest BCUT2D eigenvalue weighted by molar-refractivity contribution is 7.98. The average molecular weight is 480 g/mol. The number of aromatic nitrogens is 3. The van der Waals surface area contributed by atoms with E-state index in [4.69, 9.17) is 0 Å². The van der Waals surface area contributed by atoms with Gasteiger partial charge in [-0.3, -0.25) is 25.2 Å². The Hall–Kier alpha value is -3.50. The third-order valence-corrected chi connectivity index (χ3v) is 6.54. The second-order valence-electron chi connectivity index (χ2n) is 7.10. The Morgan fingerprint density at radius 3 is 2.52 bits per heavy atom. The summed E-state index contributed by atoms with van der Waals surface area (Å²) in [6, 6.07) is 14.0. The maximum atomic E-state index is 12.9. The zero-order valence-corrected chi connectivity index (χ0v) is 19.4. The van der Waals surface area contributed by atoms with E-state index in [0.29, 0.717) is 35.1 Å². The van der Waals surface area contributed by atoms with Gasteiger partial charge in [-0.25, -0.2) is 9.67 Å². The zero-order chi connectivity index (χ0) is 23.2. The van der Waals surface area contributed by atoms with E-state index in [-0.39, 0.29) is 11.3 Å². The summed E-state index contributed by atoms with van der Waals surface area (Å²) in [5.41, 5.74) is 7.88. The minimum Gasteiger partial charge on any atom is -0.267 e. The van der Waals surface area contributed by atoms with Gasteiger partial charge in [-0.1, -0.05) is 37.3 Å². The number of fused-ring (bicyclic) bond motifs is 1. The van der Waals surface area contributed by atoms with Gasteiger partial charge in [-0.05, 0) is 24.6 Å². The molecule has 0 aliphatic carbocycles. The van der Waals surface area contributed by atoms with Crippen molar-refractivity contribution in [2.24, 2.45) is 0 Å². The third-order valence-electron chi connectivity index (χ3n) is 4.80. The van der Waals surface area contributed by atoms with Crippen LogP contribution in [0.5, 0.6) is 0 Å². The first-order chi connectivity index (χ1) is 16.1. The monoisotopic (exact) mass is 479 g/mol. The molecule has 2 amide bonds. The number of thioether (sulfide) groups is 1. The number of carbonyl (C=O) groups excluding carboxylic acids is 2. The molecule has 0 aliphatic rings. The number of thiazole rings is 1. The first-order valence-electron chi connectivity index (χ1n) is 10.3. The Bertz CT molecular complexity index is 1350. The molecule has 10 heteroatoms. The van der Waals surface area contributed by atoms with Crippen LogP contribution in [0.15, 0.2) is 69.1 Å². The van der Waals surface area contributed by atoms with Crippen LogP contribution in [0.2, 0.25) is 0 Å². The Morgan fingerprint density at radius 1 is 1.03 bits per heavy atom. The number of benzene rings is 2. The molecule has 2 heterocycles. The second-order valence-corrected chi connectivity index (χ2v) is 8.83. The normalized spacial score (nSPS) is 10.8. The number of hydrogen-bond donors (Lipinski definition) is 2. The van der Waals surface area contributed by atoms with Gasteiger partial charge in [-0.2, -0.15) is 5.10 Å². The van der Waals surface area contributed by atoms with Crippen LogP contribution in [0, 0.1) is 0 Å². The average Bonchev–Trinajstić information content (AvgIpc) is 3.37. The Kier molecular flexibility index (Phi) is 7.16. The van der Waals surface area contributed by atoms with Crippen LogP contribution in [0.4, 0.5) is 0 Å². The molecular formula is C23H21N5O3S2. The van der Waals surface area contributed by atoms with Crippen molar-refractivity contribution in [2.75, 3.05) is 0 Å². The van der Waals surface area contributed by atoms with Crippen molar-refractivity contribution in [1.29, 1.82) is 0 Å². The van der Waals surface area contributed by atoms with Gasteiger partial charge in [0.1, 0.15) is 0 Å². The highest BCUT2D eigenvalue weighted by atomic mass is 32.2. The van der Waals surface area contributed by atoms with E-state index in [1.165, 1.54) is 27.8 Å². The maximum Gasteiger partial charge on any atom is 0.290 e. The number of amides is 2. The lowest BCUT2D eigenvalue weighted by atomic mass is 10.1. The van der Waals surface area contributed by atoms with Crippen LogP contribution >= 0.6 is 23.1 Å². The zero-order valence-electron chi connectivity index (χ0n) is 17.8. The Balaban J connectivity index is 1.52. The van der Waals surface area contributed by atoms with Gasteiger partial charge in [-0.15, -0.1) is 23.1 Å². The number of hydrazine groups is 1. The van der Waals surface area contributed by atoms with Crippen LogP contribution in [0.1, 0.15) is 39.9 Å². The second kappa shape index (κ2) is 10.4. The molecule has 2 aromatic heterocycles. The lowest BCUT2D eigenvalue weighted by Crippen LogP contribution is -2.43. The van der Waals surface area contributed by atoms with Crippen LogP contribution in [0.3, 0.4) is 0 Å². The molecule has 0 fully saturated rings. The topological polar surface area (TPSA) is 106 Å². The van der Waals surface area contributed by atoms with Crippen LogP contribution in [-0.2, 0) is 12.3 Å². The summed E-state index contributed by atoms with van der Waals surface area (Å²) >= 11 is 3.02. The van der Waals surface area contributed by atoms with Gasteiger partial charge in [0.25, 0.3) is 17.4 Å². The number of rotatable bonds is 7. The first-order valence-corrected chi connectivity index (χ1v) is 12.2. The third kappa shape index (κ3) is 5.12. The van der Waals surface area contributed by atoms with Crippen molar-refractivity contribution in [2.45, 2.75) is 30.5 Å². The van der Waals surface area contributed by atoms with Gasteiger partial charge in [0.15, 0.2) is 5.69 Å². The maximum absolute atomic E-state index is 12.9. The molecule has 4 rings (SSSR count). The fraction of sp³-hybridized carbons (Fsp3) is 0.174. The lowest BCUT2D eigenvalue weighted by Gasteiger charge is -2.12.